The Labute approximate surface area is 150 Å². The Hall–Kier alpha value is -2.22. The van der Waals surface area contributed by atoms with Crippen LogP contribution in [0.5, 0.6) is 0 Å². The Bertz CT molecular complexity index is 987. The zero-order chi connectivity index (χ0) is 17.4. The van der Waals surface area contributed by atoms with Crippen LogP contribution in [0.25, 0.3) is 0 Å². The number of sulfonamides is 1. The minimum absolute atomic E-state index is 0.225. The van der Waals surface area contributed by atoms with Crippen molar-refractivity contribution in [1.82, 2.24) is 19.5 Å². The molecule has 0 bridgehead atoms. The Morgan fingerprint density at radius 3 is 2.56 bits per heavy atom. The van der Waals surface area contributed by atoms with E-state index in [1.165, 1.54) is 16.4 Å². The van der Waals surface area contributed by atoms with Crippen LogP contribution in [-0.4, -0.2) is 27.9 Å². The van der Waals surface area contributed by atoms with Gasteiger partial charge in [-0.25, -0.2) is 8.42 Å². The highest BCUT2D eigenvalue weighted by Crippen LogP contribution is 2.36. The first-order chi connectivity index (χ1) is 12.1. The normalized spacial score (nSPS) is 18.0. The van der Waals surface area contributed by atoms with Crippen LogP contribution in [0.4, 0.5) is 0 Å². The number of halogens is 1. The first-order valence-electron chi connectivity index (χ1n) is 7.74. The first-order valence-corrected chi connectivity index (χ1v) is 9.56. The molecule has 25 heavy (non-hydrogen) atoms. The summed E-state index contributed by atoms with van der Waals surface area (Å²) in [5.74, 6) is 0. The van der Waals surface area contributed by atoms with Gasteiger partial charge in [-0.1, -0.05) is 11.6 Å². The maximum absolute atomic E-state index is 13.3. The number of nitrogens with one attached hydrogen (secondary N) is 1. The summed E-state index contributed by atoms with van der Waals surface area (Å²) >= 11 is 5.90. The predicted molar refractivity (Wildman–Crippen MR) is 93.5 cm³/mol. The third-order valence-corrected chi connectivity index (χ3v) is 6.51. The van der Waals surface area contributed by atoms with Crippen LogP contribution in [0, 0.1) is 0 Å². The molecule has 0 spiro atoms. The topological polar surface area (TPSA) is 79.0 Å². The highest BCUT2D eigenvalue weighted by molar-refractivity contribution is 7.89. The molecule has 0 radical (unpaired) electrons. The highest BCUT2D eigenvalue weighted by atomic mass is 35.5. The van der Waals surface area contributed by atoms with E-state index >= 15 is 0 Å². The standard InChI is InChI=1S/C17H15ClN4O2S/c18-14-1-3-15(4-2-14)25(23,24)22-11-13-10-20-21-16(13)9-17(22)12-5-7-19-8-6-12/h1-8,10,17H,9,11H2,(H,20,21). The number of H-pyrrole nitrogens is 1. The second kappa shape index (κ2) is 6.25. The van der Waals surface area contributed by atoms with Crippen LogP contribution in [0.15, 0.2) is 59.9 Å². The van der Waals surface area contributed by atoms with E-state index in [-0.39, 0.29) is 17.5 Å². The molecule has 0 aliphatic carbocycles. The zero-order valence-electron chi connectivity index (χ0n) is 13.1. The number of aromatic amines is 1. The lowest BCUT2D eigenvalue weighted by Crippen LogP contribution is -2.38. The number of benzene rings is 1. The van der Waals surface area contributed by atoms with Crippen molar-refractivity contribution in [3.63, 3.8) is 0 Å². The van der Waals surface area contributed by atoms with Gasteiger partial charge >= 0.3 is 0 Å². The second-order valence-electron chi connectivity index (χ2n) is 5.88. The largest absolute Gasteiger partial charge is 0.282 e. The molecule has 0 saturated carbocycles. The Morgan fingerprint density at radius 1 is 1.12 bits per heavy atom. The van der Waals surface area contributed by atoms with Gasteiger partial charge in [-0.05, 0) is 42.0 Å². The van der Waals surface area contributed by atoms with E-state index in [1.807, 2.05) is 12.1 Å². The van der Waals surface area contributed by atoms with Gasteiger partial charge in [-0.15, -0.1) is 0 Å². The fourth-order valence-corrected chi connectivity index (χ4v) is 4.81. The van der Waals surface area contributed by atoms with Crippen molar-refractivity contribution in [2.75, 3.05) is 0 Å². The molecule has 128 valence electrons. The van der Waals surface area contributed by atoms with Crippen molar-refractivity contribution in [3.8, 4) is 0 Å². The molecule has 0 saturated heterocycles. The summed E-state index contributed by atoms with van der Waals surface area (Å²) < 4.78 is 28.0. The molecule has 1 unspecified atom stereocenters. The Morgan fingerprint density at radius 2 is 1.84 bits per heavy atom. The van der Waals surface area contributed by atoms with E-state index in [9.17, 15) is 8.42 Å². The van der Waals surface area contributed by atoms with E-state index in [0.717, 1.165) is 16.8 Å². The Balaban J connectivity index is 1.80. The molecular formula is C17H15ClN4O2S. The lowest BCUT2D eigenvalue weighted by molar-refractivity contribution is 0.294. The number of hydrogen-bond acceptors (Lipinski definition) is 4. The number of hydrogen-bond donors (Lipinski definition) is 1. The number of rotatable bonds is 3. The van der Waals surface area contributed by atoms with Gasteiger partial charge in [-0.3, -0.25) is 10.1 Å². The molecule has 6 nitrogen and oxygen atoms in total. The van der Waals surface area contributed by atoms with Crippen LogP contribution in [0.2, 0.25) is 5.02 Å². The molecule has 0 fully saturated rings. The summed E-state index contributed by atoms with van der Waals surface area (Å²) in [6.45, 7) is 0.268. The maximum atomic E-state index is 13.3. The smallest absolute Gasteiger partial charge is 0.243 e. The quantitative estimate of drug-likeness (QED) is 0.764. The van der Waals surface area contributed by atoms with Crippen LogP contribution in [-0.2, 0) is 23.0 Å². The average Bonchev–Trinajstić information content (AvgIpc) is 3.09. The summed E-state index contributed by atoms with van der Waals surface area (Å²) in [4.78, 5) is 4.25. The lowest BCUT2D eigenvalue weighted by Gasteiger charge is -2.34. The summed E-state index contributed by atoms with van der Waals surface area (Å²) in [5, 5.41) is 7.53. The summed E-state index contributed by atoms with van der Waals surface area (Å²) in [6, 6.07) is 9.61. The van der Waals surface area contributed by atoms with Gasteiger partial charge in [0.2, 0.25) is 10.0 Å². The molecule has 4 rings (SSSR count). The van der Waals surface area contributed by atoms with Gasteiger partial charge in [0, 0.05) is 41.6 Å². The predicted octanol–water partition coefficient (Wildman–Crippen LogP) is 2.95. The molecule has 8 heteroatoms. The second-order valence-corrected chi connectivity index (χ2v) is 8.21. The number of pyridine rings is 1. The van der Waals surface area contributed by atoms with Crippen molar-refractivity contribution in [3.05, 3.63) is 76.8 Å². The van der Waals surface area contributed by atoms with Gasteiger partial charge < -0.3 is 0 Å². The van der Waals surface area contributed by atoms with Gasteiger partial charge in [0.25, 0.3) is 0 Å². The number of fused-ring (bicyclic) bond motifs is 1. The fourth-order valence-electron chi connectivity index (χ4n) is 3.09. The number of nitrogens with zero attached hydrogens (tertiary/aromatic N) is 3. The third-order valence-electron chi connectivity index (χ3n) is 4.39. The molecule has 1 atom stereocenters. The van der Waals surface area contributed by atoms with Crippen LogP contribution >= 0.6 is 11.6 Å². The molecule has 1 aliphatic heterocycles. The minimum Gasteiger partial charge on any atom is -0.282 e. The molecule has 1 aromatic carbocycles. The van der Waals surface area contributed by atoms with Gasteiger partial charge in [-0.2, -0.15) is 9.40 Å². The maximum Gasteiger partial charge on any atom is 0.243 e. The van der Waals surface area contributed by atoms with Gasteiger partial charge in [0.05, 0.1) is 17.1 Å². The fraction of sp³-hybridized carbons (Fsp3) is 0.176. The van der Waals surface area contributed by atoms with Gasteiger partial charge in [0.15, 0.2) is 0 Å². The third kappa shape index (κ3) is 2.95. The summed E-state index contributed by atoms with van der Waals surface area (Å²) in [7, 11) is -3.68. The van der Waals surface area contributed by atoms with E-state index < -0.39 is 10.0 Å². The first kappa shape index (κ1) is 16.3. The van der Waals surface area contributed by atoms with Crippen molar-refractivity contribution < 1.29 is 8.42 Å². The highest BCUT2D eigenvalue weighted by Gasteiger charge is 2.37. The van der Waals surface area contributed by atoms with Crippen LogP contribution < -0.4 is 0 Å². The van der Waals surface area contributed by atoms with Crippen molar-refractivity contribution >= 4 is 21.6 Å². The van der Waals surface area contributed by atoms with Crippen molar-refractivity contribution in [2.45, 2.75) is 23.9 Å². The molecule has 1 aliphatic rings. The molecule has 0 amide bonds. The van der Waals surface area contributed by atoms with E-state index in [0.29, 0.717) is 11.4 Å². The van der Waals surface area contributed by atoms with Crippen LogP contribution in [0.3, 0.4) is 0 Å². The number of aromatic nitrogens is 3. The molecular weight excluding hydrogens is 360 g/mol. The van der Waals surface area contributed by atoms with E-state index in [1.54, 1.807) is 30.7 Å². The summed E-state index contributed by atoms with van der Waals surface area (Å²) in [6.07, 6.45) is 5.56. The zero-order valence-corrected chi connectivity index (χ0v) is 14.7. The van der Waals surface area contributed by atoms with Crippen molar-refractivity contribution in [1.29, 1.82) is 0 Å². The van der Waals surface area contributed by atoms with Gasteiger partial charge in [0.1, 0.15) is 0 Å². The molecule has 3 heterocycles. The summed E-state index contributed by atoms with van der Waals surface area (Å²) in [5.41, 5.74) is 2.75. The molecule has 1 N–H and O–H groups in total. The van der Waals surface area contributed by atoms with E-state index in [4.69, 9.17) is 11.6 Å². The minimum atomic E-state index is -3.68. The molecule has 2 aromatic heterocycles. The monoisotopic (exact) mass is 374 g/mol. The lowest BCUT2D eigenvalue weighted by atomic mass is 9.97. The Kier molecular flexibility index (Phi) is 4.07. The average molecular weight is 375 g/mol. The van der Waals surface area contributed by atoms with Crippen LogP contribution in [0.1, 0.15) is 22.9 Å². The van der Waals surface area contributed by atoms with E-state index in [2.05, 4.69) is 15.2 Å². The SMILES string of the molecule is O=S(=O)(c1ccc(Cl)cc1)N1Cc2cn[nH]c2CC1c1ccncc1. The molecule has 3 aromatic rings. The van der Waals surface area contributed by atoms with Crippen molar-refractivity contribution in [2.24, 2.45) is 0 Å².